The number of hydrogen-bond acceptors (Lipinski definition) is 4. The van der Waals surface area contributed by atoms with Crippen LogP contribution in [-0.2, 0) is 13.0 Å². The summed E-state index contributed by atoms with van der Waals surface area (Å²) in [6.07, 6.45) is 2.80. The molecule has 5 nitrogen and oxygen atoms in total. The number of rotatable bonds is 4. The Bertz CT molecular complexity index is 1060. The number of halogens is 1. The van der Waals surface area contributed by atoms with Crippen LogP contribution >= 0.6 is 0 Å². The third kappa shape index (κ3) is 4.35. The number of benzene rings is 2. The number of nitrogens with one attached hydrogen (secondary N) is 1. The van der Waals surface area contributed by atoms with Gasteiger partial charge >= 0.3 is 0 Å². The lowest BCUT2D eigenvalue weighted by Gasteiger charge is -2.33. The highest BCUT2D eigenvalue weighted by Gasteiger charge is 2.29. The third-order valence-electron chi connectivity index (χ3n) is 6.42. The van der Waals surface area contributed by atoms with Crippen molar-refractivity contribution < 1.29 is 14.1 Å². The molecule has 0 unspecified atom stereocenters. The lowest BCUT2D eigenvalue weighted by atomic mass is 9.82. The van der Waals surface area contributed by atoms with Crippen LogP contribution in [0.15, 0.2) is 60.8 Å². The minimum Gasteiger partial charge on any atom is -0.330 e. The van der Waals surface area contributed by atoms with E-state index >= 15 is 0 Å². The highest BCUT2D eigenvalue weighted by atomic mass is 19.1. The van der Waals surface area contributed by atoms with Gasteiger partial charge in [0.15, 0.2) is 5.78 Å². The van der Waals surface area contributed by atoms with Crippen molar-refractivity contribution in [1.82, 2.24) is 9.97 Å². The molecule has 158 valence electrons. The average molecular weight is 418 g/mol. The van der Waals surface area contributed by atoms with Crippen LogP contribution in [0.1, 0.15) is 39.5 Å². The quantitative estimate of drug-likeness (QED) is 0.709. The largest absolute Gasteiger partial charge is 0.330 e. The van der Waals surface area contributed by atoms with E-state index in [0.29, 0.717) is 24.4 Å². The number of ketones is 1. The van der Waals surface area contributed by atoms with Crippen molar-refractivity contribution in [2.24, 2.45) is 0 Å². The van der Waals surface area contributed by atoms with Gasteiger partial charge < -0.3 is 9.80 Å². The topological polar surface area (TPSA) is 50.5 Å². The van der Waals surface area contributed by atoms with E-state index in [1.807, 2.05) is 0 Å². The summed E-state index contributed by atoms with van der Waals surface area (Å²) in [5.41, 5.74) is 3.80. The van der Waals surface area contributed by atoms with E-state index < -0.39 is 0 Å². The van der Waals surface area contributed by atoms with Crippen LogP contribution in [0.25, 0.3) is 0 Å². The summed E-state index contributed by atoms with van der Waals surface area (Å²) >= 11 is 0. The Morgan fingerprint density at radius 2 is 1.74 bits per heavy atom. The zero-order valence-corrected chi connectivity index (χ0v) is 17.4. The van der Waals surface area contributed by atoms with E-state index in [4.69, 9.17) is 4.98 Å². The maximum atomic E-state index is 13.3. The molecule has 31 heavy (non-hydrogen) atoms. The molecule has 3 aromatic rings. The molecule has 1 aliphatic heterocycles. The maximum absolute atomic E-state index is 13.3. The minimum atomic E-state index is -0.260. The lowest BCUT2D eigenvalue weighted by molar-refractivity contribution is -0.914. The van der Waals surface area contributed by atoms with Gasteiger partial charge in [0.2, 0.25) is 5.95 Å². The molecular formula is C25H26FN4O+. The summed E-state index contributed by atoms with van der Waals surface area (Å²) in [4.78, 5) is 25.8. The molecule has 1 aromatic heterocycles. The predicted octanol–water partition coefficient (Wildman–Crippen LogP) is 2.43. The van der Waals surface area contributed by atoms with E-state index in [9.17, 15) is 9.18 Å². The van der Waals surface area contributed by atoms with E-state index in [0.717, 1.165) is 44.0 Å². The number of carbonyl (C=O) groups is 1. The third-order valence-corrected chi connectivity index (χ3v) is 6.42. The molecule has 1 atom stereocenters. The molecule has 1 N–H and O–H groups in total. The van der Waals surface area contributed by atoms with E-state index in [1.54, 1.807) is 23.2 Å². The number of Topliss-reactive ketones (excluding diaryl/α,β-unsaturated/α-hetero) is 1. The molecule has 2 aliphatic rings. The second-order valence-electron chi connectivity index (χ2n) is 8.51. The number of nitrogens with zero attached hydrogens (tertiary/aromatic N) is 3. The van der Waals surface area contributed by atoms with Gasteiger partial charge in [-0.25, -0.2) is 14.4 Å². The fourth-order valence-corrected chi connectivity index (χ4v) is 4.64. The summed E-state index contributed by atoms with van der Waals surface area (Å²) in [6.45, 7) is 4.90. The molecule has 1 fully saturated rings. The highest BCUT2D eigenvalue weighted by molar-refractivity contribution is 5.98. The van der Waals surface area contributed by atoms with Gasteiger partial charge in [0.25, 0.3) is 0 Å². The molecule has 0 amide bonds. The molecule has 5 rings (SSSR count). The van der Waals surface area contributed by atoms with Gasteiger partial charge in [-0.05, 0) is 30.0 Å². The first kappa shape index (κ1) is 19.8. The molecule has 1 saturated heterocycles. The molecule has 1 aliphatic carbocycles. The summed E-state index contributed by atoms with van der Waals surface area (Å²) in [6, 6.07) is 17.1. The van der Waals surface area contributed by atoms with Crippen molar-refractivity contribution in [3.05, 3.63) is 89.0 Å². The molecule has 0 radical (unpaired) electrons. The van der Waals surface area contributed by atoms with E-state index in [2.05, 4.69) is 40.2 Å². The van der Waals surface area contributed by atoms with Gasteiger partial charge in [-0.15, -0.1) is 0 Å². The maximum Gasteiger partial charge on any atom is 0.225 e. The van der Waals surface area contributed by atoms with Gasteiger partial charge in [0.1, 0.15) is 12.4 Å². The number of quaternary nitrogens is 1. The number of piperazine rings is 1. The second-order valence-corrected chi connectivity index (χ2v) is 8.51. The van der Waals surface area contributed by atoms with Crippen molar-refractivity contribution in [2.75, 3.05) is 31.1 Å². The Hall–Kier alpha value is -3.12. The Kier molecular flexibility index (Phi) is 5.47. The molecule has 2 heterocycles. The van der Waals surface area contributed by atoms with Crippen molar-refractivity contribution in [1.29, 1.82) is 0 Å². The molecule has 6 heteroatoms. The summed E-state index contributed by atoms with van der Waals surface area (Å²) in [5.74, 6) is 0.560. The number of hydrogen-bond donors (Lipinski definition) is 1. The highest BCUT2D eigenvalue weighted by Crippen LogP contribution is 2.32. The van der Waals surface area contributed by atoms with Crippen molar-refractivity contribution >= 4 is 11.7 Å². The van der Waals surface area contributed by atoms with Gasteiger partial charge in [-0.2, -0.15) is 0 Å². The number of anilines is 1. The molecule has 0 bridgehead atoms. The number of carbonyl (C=O) groups excluding carboxylic acids is 1. The zero-order chi connectivity index (χ0) is 21.2. The summed E-state index contributed by atoms with van der Waals surface area (Å²) in [7, 11) is 0. The van der Waals surface area contributed by atoms with Gasteiger partial charge in [0.05, 0.1) is 37.4 Å². The Balaban J connectivity index is 1.27. The normalized spacial score (nSPS) is 19.3. The molecule has 2 aromatic carbocycles. The van der Waals surface area contributed by atoms with E-state index in [-0.39, 0.29) is 17.5 Å². The molecule has 0 spiro atoms. The van der Waals surface area contributed by atoms with Crippen molar-refractivity contribution in [3.63, 3.8) is 0 Å². The second kappa shape index (κ2) is 8.55. The zero-order valence-electron chi connectivity index (χ0n) is 17.4. The SMILES string of the molecule is O=C1C[C@H](c2ccc(F)cc2)Cc2nc(N3CC[NH+](Cc4ccccc4)CC3)ncc21. The number of fused-ring (bicyclic) bond motifs is 1. The molecule has 0 saturated carbocycles. The average Bonchev–Trinajstić information content (AvgIpc) is 2.80. The fraction of sp³-hybridized carbons (Fsp3) is 0.320. The van der Waals surface area contributed by atoms with Gasteiger partial charge in [-0.1, -0.05) is 42.5 Å². The van der Waals surface area contributed by atoms with Crippen molar-refractivity contribution in [2.45, 2.75) is 25.3 Å². The Labute approximate surface area is 181 Å². The summed E-state index contributed by atoms with van der Waals surface area (Å²) in [5, 5.41) is 0. The smallest absolute Gasteiger partial charge is 0.225 e. The fourth-order valence-electron chi connectivity index (χ4n) is 4.64. The van der Waals surface area contributed by atoms with Gasteiger partial charge in [0, 0.05) is 18.2 Å². The lowest BCUT2D eigenvalue weighted by Crippen LogP contribution is -3.13. The van der Waals surface area contributed by atoms with E-state index in [1.165, 1.54) is 17.7 Å². The first-order valence-electron chi connectivity index (χ1n) is 10.9. The van der Waals surface area contributed by atoms with Crippen LogP contribution in [0.4, 0.5) is 10.3 Å². The van der Waals surface area contributed by atoms with Crippen LogP contribution in [0.5, 0.6) is 0 Å². The first-order valence-corrected chi connectivity index (χ1v) is 10.9. The van der Waals surface area contributed by atoms with Crippen LogP contribution in [0.3, 0.4) is 0 Å². The van der Waals surface area contributed by atoms with Crippen LogP contribution < -0.4 is 9.80 Å². The van der Waals surface area contributed by atoms with Crippen LogP contribution in [-0.4, -0.2) is 41.9 Å². The number of aromatic nitrogens is 2. The first-order chi connectivity index (χ1) is 15.2. The Morgan fingerprint density at radius 3 is 2.48 bits per heavy atom. The monoisotopic (exact) mass is 417 g/mol. The predicted molar refractivity (Wildman–Crippen MR) is 117 cm³/mol. The van der Waals surface area contributed by atoms with Crippen LogP contribution in [0.2, 0.25) is 0 Å². The molecular weight excluding hydrogens is 391 g/mol. The Morgan fingerprint density at radius 1 is 1.00 bits per heavy atom. The summed E-state index contributed by atoms with van der Waals surface area (Å²) < 4.78 is 13.3. The van der Waals surface area contributed by atoms with Gasteiger partial charge in [-0.3, -0.25) is 4.79 Å². The minimum absolute atomic E-state index is 0.0375. The van der Waals surface area contributed by atoms with Crippen molar-refractivity contribution in [3.8, 4) is 0 Å². The standard InChI is InChI=1S/C25H25FN4O/c26-21-8-6-19(7-9-21)20-14-23-22(24(31)15-20)16-27-25(28-23)30-12-10-29(11-13-30)17-18-4-2-1-3-5-18/h1-9,16,20H,10-15,17H2/p+1/t20-/m1/s1. The van der Waals surface area contributed by atoms with Crippen LogP contribution in [0, 0.1) is 5.82 Å².